The molecule has 0 unspecified atom stereocenters. The largest absolute Gasteiger partial charge is 0.475 e. The summed E-state index contributed by atoms with van der Waals surface area (Å²) in [6.45, 7) is 4.68. The van der Waals surface area contributed by atoms with E-state index in [1.54, 1.807) is 11.8 Å². The normalized spacial score (nSPS) is 18.1. The zero-order valence-electron chi connectivity index (χ0n) is 7.83. The van der Waals surface area contributed by atoms with Gasteiger partial charge in [-0.15, -0.1) is 0 Å². The first-order chi connectivity index (χ1) is 6.12. The van der Waals surface area contributed by atoms with E-state index in [0.717, 1.165) is 11.3 Å². The van der Waals surface area contributed by atoms with Crippen LogP contribution < -0.4 is 10.5 Å². The molecule has 1 aromatic rings. The van der Waals surface area contributed by atoms with Gasteiger partial charge in [-0.2, -0.15) is 0 Å². The first-order valence-electron chi connectivity index (χ1n) is 4.32. The highest BCUT2D eigenvalue weighted by Crippen LogP contribution is 2.48. The van der Waals surface area contributed by atoms with Gasteiger partial charge >= 0.3 is 0 Å². The molecule has 0 aromatic heterocycles. The summed E-state index contributed by atoms with van der Waals surface area (Å²) >= 11 is 1.75. The van der Waals surface area contributed by atoms with E-state index in [9.17, 15) is 0 Å². The maximum Gasteiger partial charge on any atom is 0.153 e. The van der Waals surface area contributed by atoms with Crippen LogP contribution in [0.5, 0.6) is 5.75 Å². The van der Waals surface area contributed by atoms with Crippen molar-refractivity contribution in [3.8, 4) is 5.75 Å². The van der Waals surface area contributed by atoms with Crippen molar-refractivity contribution < 1.29 is 4.74 Å². The molecule has 1 aromatic carbocycles. The quantitative estimate of drug-likeness (QED) is 0.747. The van der Waals surface area contributed by atoms with Crippen LogP contribution in [0.3, 0.4) is 0 Å². The fraction of sp³-hybridized carbons (Fsp3) is 0.400. The molecule has 1 aliphatic heterocycles. The van der Waals surface area contributed by atoms with Gasteiger partial charge in [0.15, 0.2) is 4.93 Å². The molecule has 0 atom stereocenters. The van der Waals surface area contributed by atoms with Crippen LogP contribution in [0.4, 0.5) is 0 Å². The molecule has 0 fully saturated rings. The minimum atomic E-state index is -0.145. The summed E-state index contributed by atoms with van der Waals surface area (Å²) in [5, 5.41) is 0. The second kappa shape index (κ2) is 2.93. The molecular formula is C10H13NOS. The summed E-state index contributed by atoms with van der Waals surface area (Å²) in [5.74, 6) is 0.972. The monoisotopic (exact) mass is 195 g/mol. The SMILES string of the molecule is CC1(C)Oc2c(CN)cccc2S1. The Balaban J connectivity index is 2.45. The smallest absolute Gasteiger partial charge is 0.153 e. The number of hydrogen-bond donors (Lipinski definition) is 1. The van der Waals surface area contributed by atoms with Crippen LogP contribution in [0.1, 0.15) is 19.4 Å². The summed E-state index contributed by atoms with van der Waals surface area (Å²) < 4.78 is 5.80. The van der Waals surface area contributed by atoms with Crippen LogP contribution >= 0.6 is 11.8 Å². The summed E-state index contributed by atoms with van der Waals surface area (Å²) in [6, 6.07) is 6.12. The summed E-state index contributed by atoms with van der Waals surface area (Å²) in [6.07, 6.45) is 0. The number of thioether (sulfide) groups is 1. The maximum atomic E-state index is 5.80. The van der Waals surface area contributed by atoms with Gasteiger partial charge in [-0.25, -0.2) is 0 Å². The third-order valence-electron chi connectivity index (χ3n) is 1.98. The van der Waals surface area contributed by atoms with E-state index in [0.29, 0.717) is 6.54 Å². The van der Waals surface area contributed by atoms with Crippen molar-refractivity contribution in [2.24, 2.45) is 5.73 Å². The number of nitrogens with two attached hydrogens (primary N) is 1. The number of fused-ring (bicyclic) bond motifs is 1. The molecule has 0 amide bonds. The molecule has 2 nitrogen and oxygen atoms in total. The van der Waals surface area contributed by atoms with E-state index in [2.05, 4.69) is 19.9 Å². The Morgan fingerprint density at radius 2 is 2.23 bits per heavy atom. The van der Waals surface area contributed by atoms with Crippen LogP contribution in [-0.4, -0.2) is 4.93 Å². The standard InChI is InChI=1S/C10H13NOS/c1-10(2)12-9-7(6-11)4-3-5-8(9)13-10/h3-5H,6,11H2,1-2H3. The molecule has 0 radical (unpaired) electrons. The van der Waals surface area contributed by atoms with E-state index in [-0.39, 0.29) is 4.93 Å². The van der Waals surface area contributed by atoms with Crippen molar-refractivity contribution in [3.63, 3.8) is 0 Å². The molecule has 2 rings (SSSR count). The Labute approximate surface area is 82.5 Å². The molecule has 0 spiro atoms. The summed E-state index contributed by atoms with van der Waals surface area (Å²) in [4.78, 5) is 1.06. The molecule has 1 aliphatic rings. The van der Waals surface area contributed by atoms with Gasteiger partial charge in [0.25, 0.3) is 0 Å². The van der Waals surface area contributed by atoms with E-state index in [4.69, 9.17) is 10.5 Å². The molecular weight excluding hydrogens is 182 g/mol. The molecule has 3 heteroatoms. The average molecular weight is 195 g/mol. The topological polar surface area (TPSA) is 35.2 Å². The van der Waals surface area contributed by atoms with E-state index < -0.39 is 0 Å². The Kier molecular flexibility index (Phi) is 2.00. The predicted molar refractivity (Wildman–Crippen MR) is 54.9 cm³/mol. The van der Waals surface area contributed by atoms with Crippen molar-refractivity contribution in [1.29, 1.82) is 0 Å². The first kappa shape index (κ1) is 8.91. The molecule has 0 saturated heterocycles. The van der Waals surface area contributed by atoms with Crippen LogP contribution in [0, 0.1) is 0 Å². The van der Waals surface area contributed by atoms with Gasteiger partial charge in [0.1, 0.15) is 5.75 Å². The zero-order valence-corrected chi connectivity index (χ0v) is 8.65. The third-order valence-corrected chi connectivity index (χ3v) is 3.10. The van der Waals surface area contributed by atoms with Gasteiger partial charge in [0.05, 0.1) is 4.90 Å². The van der Waals surface area contributed by atoms with E-state index in [1.807, 2.05) is 12.1 Å². The number of hydrogen-bond acceptors (Lipinski definition) is 3. The zero-order chi connectivity index (χ0) is 9.47. The van der Waals surface area contributed by atoms with E-state index in [1.165, 1.54) is 4.90 Å². The Bertz CT molecular complexity index is 336. The second-order valence-corrected chi connectivity index (χ2v) is 5.18. The fourth-order valence-corrected chi connectivity index (χ4v) is 2.52. The minimum absolute atomic E-state index is 0.145. The molecule has 1 heterocycles. The number of benzene rings is 1. The Morgan fingerprint density at radius 1 is 1.46 bits per heavy atom. The van der Waals surface area contributed by atoms with Crippen LogP contribution in [-0.2, 0) is 6.54 Å². The molecule has 13 heavy (non-hydrogen) atoms. The lowest BCUT2D eigenvalue weighted by atomic mass is 10.2. The van der Waals surface area contributed by atoms with Gasteiger partial charge < -0.3 is 10.5 Å². The van der Waals surface area contributed by atoms with Gasteiger partial charge in [-0.1, -0.05) is 23.9 Å². The summed E-state index contributed by atoms with van der Waals surface area (Å²) in [5.41, 5.74) is 6.72. The van der Waals surface area contributed by atoms with Gasteiger partial charge in [-0.05, 0) is 19.9 Å². The van der Waals surface area contributed by atoms with Crippen molar-refractivity contribution >= 4 is 11.8 Å². The Hall–Kier alpha value is -0.670. The lowest BCUT2D eigenvalue weighted by Gasteiger charge is -2.16. The van der Waals surface area contributed by atoms with Crippen molar-refractivity contribution in [2.75, 3.05) is 0 Å². The molecule has 0 saturated carbocycles. The first-order valence-corrected chi connectivity index (χ1v) is 5.14. The minimum Gasteiger partial charge on any atom is -0.475 e. The van der Waals surface area contributed by atoms with Gasteiger partial charge in [0, 0.05) is 12.1 Å². The highest BCUT2D eigenvalue weighted by molar-refractivity contribution is 8.00. The highest BCUT2D eigenvalue weighted by Gasteiger charge is 2.32. The van der Waals surface area contributed by atoms with Crippen LogP contribution in [0.25, 0.3) is 0 Å². The van der Waals surface area contributed by atoms with Gasteiger partial charge in [0.2, 0.25) is 0 Å². The lowest BCUT2D eigenvalue weighted by molar-refractivity contribution is 0.213. The molecule has 70 valence electrons. The number of para-hydroxylation sites is 1. The Morgan fingerprint density at radius 3 is 2.92 bits per heavy atom. The van der Waals surface area contributed by atoms with Crippen molar-refractivity contribution in [2.45, 2.75) is 30.2 Å². The molecule has 2 N–H and O–H groups in total. The highest BCUT2D eigenvalue weighted by atomic mass is 32.2. The van der Waals surface area contributed by atoms with Crippen molar-refractivity contribution in [3.05, 3.63) is 23.8 Å². The second-order valence-electron chi connectivity index (χ2n) is 3.55. The number of ether oxygens (including phenoxy) is 1. The van der Waals surface area contributed by atoms with Gasteiger partial charge in [-0.3, -0.25) is 0 Å². The van der Waals surface area contributed by atoms with Crippen LogP contribution in [0.15, 0.2) is 23.1 Å². The van der Waals surface area contributed by atoms with E-state index >= 15 is 0 Å². The van der Waals surface area contributed by atoms with Crippen molar-refractivity contribution in [1.82, 2.24) is 0 Å². The molecule has 0 bridgehead atoms. The summed E-state index contributed by atoms with van der Waals surface area (Å²) in [7, 11) is 0. The number of rotatable bonds is 1. The lowest BCUT2D eigenvalue weighted by Crippen LogP contribution is -2.18. The average Bonchev–Trinajstić information content (AvgIpc) is 2.37. The third kappa shape index (κ3) is 1.54. The van der Waals surface area contributed by atoms with Crippen LogP contribution in [0.2, 0.25) is 0 Å². The fourth-order valence-electron chi connectivity index (χ4n) is 1.45. The predicted octanol–water partition coefficient (Wildman–Crippen LogP) is 2.37. The molecule has 0 aliphatic carbocycles. The maximum absolute atomic E-state index is 5.80.